The van der Waals surface area contributed by atoms with E-state index in [1.54, 1.807) is 7.11 Å². The first-order valence-electron chi connectivity index (χ1n) is 5.85. The van der Waals surface area contributed by atoms with Crippen LogP contribution >= 0.6 is 0 Å². The second-order valence-corrected chi connectivity index (χ2v) is 4.13. The van der Waals surface area contributed by atoms with Crippen LogP contribution in [0.5, 0.6) is 0 Å². The Labute approximate surface area is 107 Å². The number of hydrogen-bond acceptors (Lipinski definition) is 4. The molecule has 1 aromatic rings. The van der Waals surface area contributed by atoms with E-state index in [2.05, 4.69) is 10.6 Å². The van der Waals surface area contributed by atoms with E-state index < -0.39 is 0 Å². The fourth-order valence-corrected chi connectivity index (χ4v) is 1.46. The monoisotopic (exact) mass is 252 g/mol. The van der Waals surface area contributed by atoms with Gasteiger partial charge in [-0.2, -0.15) is 0 Å². The van der Waals surface area contributed by atoms with Crippen LogP contribution in [0.4, 0.5) is 5.69 Å². The molecule has 1 unspecified atom stereocenters. The van der Waals surface area contributed by atoms with Gasteiger partial charge in [-0.05, 0) is 19.1 Å². The molecule has 100 valence electrons. The molecule has 0 heterocycles. The van der Waals surface area contributed by atoms with Gasteiger partial charge in [-0.15, -0.1) is 0 Å². The Morgan fingerprint density at radius 3 is 2.61 bits per heavy atom. The molecule has 1 amide bonds. The molecule has 1 rings (SSSR count). The second-order valence-electron chi connectivity index (χ2n) is 4.13. The number of hydrogen-bond donors (Lipinski definition) is 3. The molecule has 0 bridgehead atoms. The third kappa shape index (κ3) is 5.27. The quantitative estimate of drug-likeness (QED) is 0.662. The van der Waals surface area contributed by atoms with Crippen molar-refractivity contribution in [2.45, 2.75) is 13.0 Å². The summed E-state index contributed by atoms with van der Waals surface area (Å²) in [7, 11) is 1.55. The molecule has 5 nitrogen and oxygen atoms in total. The number of ether oxygens (including phenoxy) is 1. The van der Waals surface area contributed by atoms with E-state index in [0.29, 0.717) is 6.61 Å². The summed E-state index contributed by atoms with van der Waals surface area (Å²) in [5.41, 5.74) is 1.91. The number of aliphatic hydroxyl groups excluding tert-OH is 1. The fourth-order valence-electron chi connectivity index (χ4n) is 1.46. The molecule has 0 aliphatic rings. The summed E-state index contributed by atoms with van der Waals surface area (Å²) in [5, 5.41) is 14.7. The van der Waals surface area contributed by atoms with Crippen LogP contribution in [0.2, 0.25) is 0 Å². The number of amides is 1. The molecule has 3 N–H and O–H groups in total. The summed E-state index contributed by atoms with van der Waals surface area (Å²) in [6, 6.07) is 7.35. The van der Waals surface area contributed by atoms with E-state index in [0.717, 1.165) is 11.3 Å². The van der Waals surface area contributed by atoms with Gasteiger partial charge in [-0.25, -0.2) is 0 Å². The van der Waals surface area contributed by atoms with E-state index >= 15 is 0 Å². The predicted molar refractivity (Wildman–Crippen MR) is 70.6 cm³/mol. The predicted octanol–water partition coefficient (Wildman–Crippen LogP) is 0.530. The molecule has 0 radical (unpaired) electrons. The number of nitrogens with one attached hydrogen (secondary N) is 2. The van der Waals surface area contributed by atoms with E-state index in [4.69, 9.17) is 9.84 Å². The molecule has 0 fully saturated rings. The van der Waals surface area contributed by atoms with Gasteiger partial charge in [-0.3, -0.25) is 4.79 Å². The Morgan fingerprint density at radius 2 is 2.06 bits per heavy atom. The van der Waals surface area contributed by atoms with Crippen molar-refractivity contribution in [1.29, 1.82) is 0 Å². The first-order chi connectivity index (χ1) is 8.65. The standard InChI is InChI=1S/C13H20N2O3/c1-10-3-5-11(6-4-10)15-13(17)7-14-12(8-16)9-18-2/h3-6,12,14,16H,7-9H2,1-2H3,(H,15,17). The van der Waals surface area contributed by atoms with Gasteiger partial charge in [0, 0.05) is 12.8 Å². The van der Waals surface area contributed by atoms with Crippen molar-refractivity contribution in [2.24, 2.45) is 0 Å². The van der Waals surface area contributed by atoms with Gasteiger partial charge in [0.25, 0.3) is 0 Å². The number of carbonyl (C=O) groups is 1. The average Bonchev–Trinajstić information content (AvgIpc) is 2.37. The largest absolute Gasteiger partial charge is 0.395 e. The lowest BCUT2D eigenvalue weighted by molar-refractivity contribution is -0.115. The van der Waals surface area contributed by atoms with Gasteiger partial charge < -0.3 is 20.5 Å². The number of rotatable bonds is 7. The summed E-state index contributed by atoms with van der Waals surface area (Å²) in [6.07, 6.45) is 0. The lowest BCUT2D eigenvalue weighted by atomic mass is 10.2. The molecule has 1 aromatic carbocycles. The molecular formula is C13H20N2O3. The van der Waals surface area contributed by atoms with Gasteiger partial charge in [0.1, 0.15) is 0 Å². The highest BCUT2D eigenvalue weighted by Gasteiger charge is 2.08. The SMILES string of the molecule is COCC(CO)NCC(=O)Nc1ccc(C)cc1. The Hall–Kier alpha value is -1.43. The number of aliphatic hydroxyl groups is 1. The fraction of sp³-hybridized carbons (Fsp3) is 0.462. The van der Waals surface area contributed by atoms with Crippen LogP contribution in [0.25, 0.3) is 0 Å². The molecule has 18 heavy (non-hydrogen) atoms. The van der Waals surface area contributed by atoms with Crippen LogP contribution < -0.4 is 10.6 Å². The first kappa shape index (κ1) is 14.6. The number of methoxy groups -OCH3 is 1. The van der Waals surface area contributed by atoms with Gasteiger partial charge >= 0.3 is 0 Å². The van der Waals surface area contributed by atoms with Crippen molar-refractivity contribution >= 4 is 11.6 Å². The molecule has 1 atom stereocenters. The van der Waals surface area contributed by atoms with Crippen LogP contribution in [-0.4, -0.2) is 43.9 Å². The lowest BCUT2D eigenvalue weighted by Gasteiger charge is -2.14. The van der Waals surface area contributed by atoms with Crippen molar-refractivity contribution in [3.8, 4) is 0 Å². The molecular weight excluding hydrogens is 232 g/mol. The minimum Gasteiger partial charge on any atom is -0.395 e. The Balaban J connectivity index is 2.35. The van der Waals surface area contributed by atoms with Crippen LogP contribution in [-0.2, 0) is 9.53 Å². The molecule has 0 spiro atoms. The summed E-state index contributed by atoms with van der Waals surface area (Å²) in [5.74, 6) is -0.145. The van der Waals surface area contributed by atoms with E-state index in [1.165, 1.54) is 0 Å². The first-order valence-corrected chi connectivity index (χ1v) is 5.85. The normalized spacial score (nSPS) is 12.2. The second kappa shape index (κ2) is 7.81. The maximum absolute atomic E-state index is 11.6. The van der Waals surface area contributed by atoms with E-state index in [9.17, 15) is 4.79 Å². The molecule has 5 heteroatoms. The number of anilines is 1. The highest BCUT2D eigenvalue weighted by Crippen LogP contribution is 2.07. The van der Waals surface area contributed by atoms with Gasteiger partial charge in [0.2, 0.25) is 5.91 Å². The van der Waals surface area contributed by atoms with Gasteiger partial charge in [0.05, 0.1) is 25.8 Å². The smallest absolute Gasteiger partial charge is 0.238 e. The van der Waals surface area contributed by atoms with E-state index in [1.807, 2.05) is 31.2 Å². The zero-order valence-electron chi connectivity index (χ0n) is 10.8. The molecule has 0 aliphatic heterocycles. The van der Waals surface area contributed by atoms with Crippen LogP contribution in [0.15, 0.2) is 24.3 Å². The van der Waals surface area contributed by atoms with E-state index in [-0.39, 0.29) is 25.1 Å². The molecule has 0 saturated heterocycles. The van der Waals surface area contributed by atoms with Crippen molar-refractivity contribution in [1.82, 2.24) is 5.32 Å². The maximum atomic E-state index is 11.6. The zero-order chi connectivity index (χ0) is 13.4. The van der Waals surface area contributed by atoms with Crippen LogP contribution in [0, 0.1) is 6.92 Å². The average molecular weight is 252 g/mol. The Bertz CT molecular complexity index is 365. The van der Waals surface area contributed by atoms with Crippen molar-refractivity contribution in [3.63, 3.8) is 0 Å². The third-order valence-electron chi connectivity index (χ3n) is 2.47. The third-order valence-corrected chi connectivity index (χ3v) is 2.47. The summed E-state index contributed by atoms with van der Waals surface area (Å²) >= 11 is 0. The number of aryl methyl sites for hydroxylation is 1. The highest BCUT2D eigenvalue weighted by atomic mass is 16.5. The van der Waals surface area contributed by atoms with Crippen molar-refractivity contribution < 1.29 is 14.6 Å². The minimum absolute atomic E-state index is 0.0638. The van der Waals surface area contributed by atoms with Crippen LogP contribution in [0.3, 0.4) is 0 Å². The summed E-state index contributed by atoms with van der Waals surface area (Å²) < 4.78 is 4.90. The number of carbonyl (C=O) groups excluding carboxylic acids is 1. The summed E-state index contributed by atoms with van der Waals surface area (Å²) in [6.45, 7) is 2.44. The lowest BCUT2D eigenvalue weighted by Crippen LogP contribution is -2.41. The molecule has 0 aliphatic carbocycles. The highest BCUT2D eigenvalue weighted by molar-refractivity contribution is 5.92. The van der Waals surface area contributed by atoms with Gasteiger partial charge in [0.15, 0.2) is 0 Å². The van der Waals surface area contributed by atoms with Crippen LogP contribution in [0.1, 0.15) is 5.56 Å². The molecule has 0 saturated carbocycles. The topological polar surface area (TPSA) is 70.6 Å². The zero-order valence-corrected chi connectivity index (χ0v) is 10.8. The maximum Gasteiger partial charge on any atom is 0.238 e. The van der Waals surface area contributed by atoms with Crippen molar-refractivity contribution in [2.75, 3.05) is 32.2 Å². The number of benzene rings is 1. The Kier molecular flexibility index (Phi) is 6.35. The Morgan fingerprint density at radius 1 is 1.39 bits per heavy atom. The molecule has 0 aromatic heterocycles. The van der Waals surface area contributed by atoms with Gasteiger partial charge in [-0.1, -0.05) is 17.7 Å². The van der Waals surface area contributed by atoms with Crippen molar-refractivity contribution in [3.05, 3.63) is 29.8 Å². The minimum atomic E-state index is -0.223. The summed E-state index contributed by atoms with van der Waals surface area (Å²) in [4.78, 5) is 11.6.